The van der Waals surface area contributed by atoms with Crippen molar-refractivity contribution in [2.45, 2.75) is 25.9 Å². The van der Waals surface area contributed by atoms with Gasteiger partial charge in [-0.2, -0.15) is 0 Å². The maximum atomic E-state index is 13.0. The van der Waals surface area contributed by atoms with E-state index in [9.17, 15) is 9.18 Å². The highest BCUT2D eigenvalue weighted by molar-refractivity contribution is 6.31. The second kappa shape index (κ2) is 6.41. The zero-order chi connectivity index (χ0) is 14.7. The van der Waals surface area contributed by atoms with Gasteiger partial charge in [0, 0.05) is 11.6 Å². The fourth-order valence-corrected chi connectivity index (χ4v) is 2.56. The number of amides is 2. The molecule has 0 bridgehead atoms. The number of rotatable bonds is 2. The normalized spacial score (nSPS) is 20.6. The Balaban J connectivity index is 2.03. The summed E-state index contributed by atoms with van der Waals surface area (Å²) >= 11 is 6.00. The van der Waals surface area contributed by atoms with Gasteiger partial charge in [0.05, 0.1) is 25.3 Å². The van der Waals surface area contributed by atoms with E-state index >= 15 is 0 Å². The maximum absolute atomic E-state index is 13.0. The molecule has 2 atom stereocenters. The minimum absolute atomic E-state index is 0.0413. The minimum Gasteiger partial charge on any atom is -0.377 e. The molecule has 2 unspecified atom stereocenters. The Morgan fingerprint density at radius 1 is 1.60 bits per heavy atom. The van der Waals surface area contributed by atoms with Crippen LogP contribution >= 0.6 is 11.6 Å². The first kappa shape index (κ1) is 15.1. The van der Waals surface area contributed by atoms with Gasteiger partial charge in [-0.1, -0.05) is 17.7 Å². The second-order valence-electron chi connectivity index (χ2n) is 4.95. The fraction of sp³-hybridized carbons (Fsp3) is 0.500. The van der Waals surface area contributed by atoms with Gasteiger partial charge in [0.25, 0.3) is 0 Å². The zero-order valence-corrected chi connectivity index (χ0v) is 12.3. The van der Waals surface area contributed by atoms with E-state index < -0.39 is 0 Å². The highest BCUT2D eigenvalue weighted by atomic mass is 35.5. The number of benzene rings is 1. The number of hydrogen-bond acceptors (Lipinski definition) is 2. The molecule has 1 aromatic carbocycles. The molecule has 2 amide bonds. The van der Waals surface area contributed by atoms with E-state index in [2.05, 4.69) is 5.32 Å². The first-order valence-electron chi connectivity index (χ1n) is 6.59. The third kappa shape index (κ3) is 3.41. The molecule has 20 heavy (non-hydrogen) atoms. The number of ether oxygens (including phenoxy) is 1. The van der Waals surface area contributed by atoms with Crippen molar-refractivity contribution >= 4 is 17.6 Å². The van der Waals surface area contributed by atoms with Crippen molar-refractivity contribution in [3.63, 3.8) is 0 Å². The predicted molar refractivity (Wildman–Crippen MR) is 75.3 cm³/mol. The van der Waals surface area contributed by atoms with Crippen LogP contribution < -0.4 is 5.32 Å². The first-order chi connectivity index (χ1) is 9.49. The molecule has 1 fully saturated rings. The van der Waals surface area contributed by atoms with Crippen LogP contribution in [0.3, 0.4) is 0 Å². The maximum Gasteiger partial charge on any atom is 0.318 e. The molecule has 2 rings (SSSR count). The molecule has 1 aromatic rings. The third-order valence-electron chi connectivity index (χ3n) is 3.40. The summed E-state index contributed by atoms with van der Waals surface area (Å²) in [6.07, 6.45) is 0. The van der Waals surface area contributed by atoms with Gasteiger partial charge in [0.15, 0.2) is 0 Å². The molecular weight excluding hydrogens is 283 g/mol. The van der Waals surface area contributed by atoms with Crippen LogP contribution in [0.2, 0.25) is 5.02 Å². The van der Waals surface area contributed by atoms with Gasteiger partial charge in [0.1, 0.15) is 5.82 Å². The summed E-state index contributed by atoms with van der Waals surface area (Å²) in [5.74, 6) is -0.390. The van der Waals surface area contributed by atoms with Crippen LogP contribution in [0.5, 0.6) is 0 Å². The lowest BCUT2D eigenvalue weighted by Gasteiger charge is -2.34. The van der Waals surface area contributed by atoms with Crippen molar-refractivity contribution in [1.82, 2.24) is 10.2 Å². The van der Waals surface area contributed by atoms with Crippen molar-refractivity contribution < 1.29 is 13.9 Å². The molecule has 1 saturated heterocycles. The predicted octanol–water partition coefficient (Wildman–Crippen LogP) is 2.97. The summed E-state index contributed by atoms with van der Waals surface area (Å²) in [6.45, 7) is 5.41. The summed E-state index contributed by atoms with van der Waals surface area (Å²) in [4.78, 5) is 13.9. The second-order valence-corrected chi connectivity index (χ2v) is 5.36. The van der Waals surface area contributed by atoms with Gasteiger partial charge >= 0.3 is 6.03 Å². The van der Waals surface area contributed by atoms with Crippen LogP contribution in [0, 0.1) is 5.82 Å². The Hall–Kier alpha value is -1.33. The van der Waals surface area contributed by atoms with Crippen molar-refractivity contribution in [3.05, 3.63) is 34.6 Å². The molecule has 1 aliphatic heterocycles. The average molecular weight is 301 g/mol. The monoisotopic (exact) mass is 300 g/mol. The highest BCUT2D eigenvalue weighted by Gasteiger charge is 2.25. The van der Waals surface area contributed by atoms with Crippen LogP contribution in [-0.4, -0.2) is 36.7 Å². The zero-order valence-electron chi connectivity index (χ0n) is 11.5. The molecule has 1 aliphatic rings. The van der Waals surface area contributed by atoms with Gasteiger partial charge in [0.2, 0.25) is 0 Å². The third-order valence-corrected chi connectivity index (χ3v) is 3.72. The minimum atomic E-state index is -0.390. The van der Waals surface area contributed by atoms with Crippen LogP contribution in [0.25, 0.3) is 0 Å². The SMILES string of the molecule is CC(NC(=O)N1CCOCC1C)c1ccc(F)cc1Cl. The van der Waals surface area contributed by atoms with Gasteiger partial charge < -0.3 is 15.0 Å². The number of urea groups is 1. The van der Waals surface area contributed by atoms with E-state index in [4.69, 9.17) is 16.3 Å². The molecule has 1 heterocycles. The summed E-state index contributed by atoms with van der Waals surface area (Å²) in [5.41, 5.74) is 0.697. The lowest BCUT2D eigenvalue weighted by molar-refractivity contribution is 0.0185. The number of halogens is 2. The van der Waals surface area contributed by atoms with Gasteiger partial charge in [-0.25, -0.2) is 9.18 Å². The molecule has 0 spiro atoms. The molecule has 0 aliphatic carbocycles. The van der Waals surface area contributed by atoms with E-state index in [0.29, 0.717) is 30.3 Å². The number of hydrogen-bond donors (Lipinski definition) is 1. The quantitative estimate of drug-likeness (QED) is 0.912. The summed E-state index contributed by atoms with van der Waals surface area (Å²) in [6, 6.07) is 3.77. The van der Waals surface area contributed by atoms with Crippen molar-refractivity contribution in [2.24, 2.45) is 0 Å². The number of morpholine rings is 1. The molecule has 1 N–H and O–H groups in total. The Bertz CT molecular complexity index is 498. The molecule has 6 heteroatoms. The lowest BCUT2D eigenvalue weighted by Crippen LogP contribution is -2.51. The fourth-order valence-electron chi connectivity index (χ4n) is 2.23. The average Bonchev–Trinajstić information content (AvgIpc) is 2.38. The van der Waals surface area contributed by atoms with E-state index in [0.717, 1.165) is 0 Å². The molecule has 0 saturated carbocycles. The number of carbonyl (C=O) groups is 1. The summed E-state index contributed by atoms with van der Waals surface area (Å²) < 4.78 is 18.3. The Labute approximate surface area is 122 Å². The van der Waals surface area contributed by atoms with E-state index in [1.807, 2.05) is 13.8 Å². The Kier molecular flexibility index (Phi) is 4.83. The van der Waals surface area contributed by atoms with Gasteiger partial charge in [-0.3, -0.25) is 0 Å². The van der Waals surface area contributed by atoms with Crippen LogP contribution in [0.4, 0.5) is 9.18 Å². The number of nitrogens with zero attached hydrogens (tertiary/aromatic N) is 1. The first-order valence-corrected chi connectivity index (χ1v) is 6.96. The van der Waals surface area contributed by atoms with E-state index in [1.54, 1.807) is 11.0 Å². The number of nitrogens with one attached hydrogen (secondary N) is 1. The van der Waals surface area contributed by atoms with Gasteiger partial charge in [-0.15, -0.1) is 0 Å². The lowest BCUT2D eigenvalue weighted by atomic mass is 10.1. The molecular formula is C14H18ClFN2O2. The molecule has 0 radical (unpaired) electrons. The summed E-state index contributed by atoms with van der Waals surface area (Å²) in [5, 5.41) is 3.19. The standard InChI is InChI=1S/C14H18ClFN2O2/c1-9-8-20-6-5-18(9)14(19)17-10(2)12-4-3-11(16)7-13(12)15/h3-4,7,9-10H,5-6,8H2,1-2H3,(H,17,19). The smallest absolute Gasteiger partial charge is 0.318 e. The molecule has 4 nitrogen and oxygen atoms in total. The van der Waals surface area contributed by atoms with E-state index in [1.165, 1.54) is 12.1 Å². The largest absolute Gasteiger partial charge is 0.377 e. The van der Waals surface area contributed by atoms with Crippen LogP contribution in [-0.2, 0) is 4.74 Å². The highest BCUT2D eigenvalue weighted by Crippen LogP contribution is 2.24. The molecule has 110 valence electrons. The molecule has 0 aromatic heterocycles. The van der Waals surface area contributed by atoms with Crippen LogP contribution in [0.15, 0.2) is 18.2 Å². The van der Waals surface area contributed by atoms with E-state index in [-0.39, 0.29) is 23.9 Å². The van der Waals surface area contributed by atoms with Crippen LogP contribution in [0.1, 0.15) is 25.5 Å². The Morgan fingerprint density at radius 2 is 2.35 bits per heavy atom. The van der Waals surface area contributed by atoms with Crippen molar-refractivity contribution in [2.75, 3.05) is 19.8 Å². The summed E-state index contributed by atoms with van der Waals surface area (Å²) in [7, 11) is 0. The van der Waals surface area contributed by atoms with Crippen molar-refractivity contribution in [3.8, 4) is 0 Å². The Morgan fingerprint density at radius 3 is 3.00 bits per heavy atom. The number of carbonyl (C=O) groups excluding carboxylic acids is 1. The van der Waals surface area contributed by atoms with Gasteiger partial charge in [-0.05, 0) is 31.5 Å². The topological polar surface area (TPSA) is 41.6 Å². The van der Waals surface area contributed by atoms with Crippen molar-refractivity contribution in [1.29, 1.82) is 0 Å².